The molecule has 1 rings (SSSR count). The molecule has 86 valence electrons. The molecule has 3 heteroatoms. The fraction of sp³-hybridized carbons (Fsp3) is 0.750. The highest BCUT2D eigenvalue weighted by atomic mass is 16.4. The van der Waals surface area contributed by atoms with Gasteiger partial charge in [0.2, 0.25) is 0 Å². The molecule has 0 spiro atoms. The summed E-state index contributed by atoms with van der Waals surface area (Å²) in [6, 6.07) is 0. The van der Waals surface area contributed by atoms with Gasteiger partial charge in [-0.05, 0) is 39.3 Å². The van der Waals surface area contributed by atoms with Crippen LogP contribution in [0.5, 0.6) is 0 Å². The number of carbonyl (C=O) groups is 1. The van der Waals surface area contributed by atoms with E-state index in [1.165, 1.54) is 0 Å². The average Bonchev–Trinajstić information content (AvgIpc) is 2.18. The molecule has 1 aliphatic rings. The Morgan fingerprint density at radius 2 is 2.00 bits per heavy atom. The molecule has 1 saturated heterocycles. The Balaban J connectivity index is 2.53. The van der Waals surface area contributed by atoms with Gasteiger partial charge in [-0.1, -0.05) is 19.1 Å². The quantitative estimate of drug-likeness (QED) is 0.724. The van der Waals surface area contributed by atoms with E-state index >= 15 is 0 Å². The van der Waals surface area contributed by atoms with Crippen molar-refractivity contribution in [2.45, 2.75) is 33.1 Å². The largest absolute Gasteiger partial charge is 0.481 e. The van der Waals surface area contributed by atoms with E-state index in [1.807, 2.05) is 13.8 Å². The Bertz CT molecular complexity index is 252. The first-order valence-corrected chi connectivity index (χ1v) is 5.60. The third-order valence-corrected chi connectivity index (χ3v) is 3.44. The highest BCUT2D eigenvalue weighted by Crippen LogP contribution is 2.35. The third kappa shape index (κ3) is 2.81. The minimum absolute atomic E-state index is 0.467. The first-order valence-electron chi connectivity index (χ1n) is 5.60. The summed E-state index contributed by atoms with van der Waals surface area (Å²) in [6.07, 6.45) is 2.28. The van der Waals surface area contributed by atoms with Gasteiger partial charge in [0, 0.05) is 6.54 Å². The van der Waals surface area contributed by atoms with Gasteiger partial charge >= 0.3 is 5.97 Å². The van der Waals surface area contributed by atoms with E-state index in [4.69, 9.17) is 0 Å². The van der Waals surface area contributed by atoms with Crippen molar-refractivity contribution in [3.05, 3.63) is 12.2 Å². The molecular weight excluding hydrogens is 190 g/mol. The monoisotopic (exact) mass is 211 g/mol. The van der Waals surface area contributed by atoms with Gasteiger partial charge in [0.1, 0.15) is 0 Å². The van der Waals surface area contributed by atoms with Crippen LogP contribution in [0.25, 0.3) is 0 Å². The number of carboxylic acids is 1. The second-order valence-corrected chi connectivity index (χ2v) is 4.67. The zero-order valence-electron chi connectivity index (χ0n) is 9.75. The molecule has 1 N–H and O–H groups in total. The molecule has 1 heterocycles. The predicted molar refractivity (Wildman–Crippen MR) is 60.8 cm³/mol. The lowest BCUT2D eigenvalue weighted by molar-refractivity contribution is -0.152. The number of carboxylic acid groups (broad SMARTS) is 1. The number of piperidine rings is 1. The first kappa shape index (κ1) is 12.2. The van der Waals surface area contributed by atoms with Gasteiger partial charge in [0.25, 0.3) is 0 Å². The van der Waals surface area contributed by atoms with Crippen LogP contribution in [-0.4, -0.2) is 35.6 Å². The van der Waals surface area contributed by atoms with Crippen molar-refractivity contribution in [1.82, 2.24) is 4.90 Å². The highest BCUT2D eigenvalue weighted by molar-refractivity contribution is 5.74. The van der Waals surface area contributed by atoms with Gasteiger partial charge in [-0.2, -0.15) is 0 Å². The van der Waals surface area contributed by atoms with E-state index in [1.54, 1.807) is 0 Å². The van der Waals surface area contributed by atoms with E-state index in [2.05, 4.69) is 11.5 Å². The van der Waals surface area contributed by atoms with Gasteiger partial charge in [0.05, 0.1) is 5.41 Å². The topological polar surface area (TPSA) is 40.5 Å². The summed E-state index contributed by atoms with van der Waals surface area (Å²) in [5.41, 5.74) is 0.681. The van der Waals surface area contributed by atoms with Gasteiger partial charge in [0.15, 0.2) is 0 Å². The molecule has 0 aromatic rings. The van der Waals surface area contributed by atoms with Gasteiger partial charge in [-0.3, -0.25) is 9.69 Å². The number of likely N-dealkylation sites (tertiary alicyclic amines) is 1. The second-order valence-electron chi connectivity index (χ2n) is 4.67. The van der Waals surface area contributed by atoms with E-state index < -0.39 is 11.4 Å². The molecule has 0 bridgehead atoms. The normalized spacial score (nSPS) is 21.2. The molecule has 1 fully saturated rings. The van der Waals surface area contributed by atoms with Crippen LogP contribution in [0.2, 0.25) is 0 Å². The van der Waals surface area contributed by atoms with E-state index in [0.717, 1.165) is 44.5 Å². The van der Waals surface area contributed by atoms with E-state index in [0.29, 0.717) is 0 Å². The van der Waals surface area contributed by atoms with Crippen LogP contribution >= 0.6 is 0 Å². The predicted octanol–water partition coefficient (Wildman–Crippen LogP) is 2.14. The maximum absolute atomic E-state index is 11.2. The molecule has 0 saturated carbocycles. The van der Waals surface area contributed by atoms with Crippen LogP contribution in [0.15, 0.2) is 12.2 Å². The molecule has 0 atom stereocenters. The zero-order chi connectivity index (χ0) is 11.5. The molecule has 0 aliphatic carbocycles. The molecule has 15 heavy (non-hydrogen) atoms. The number of hydrogen-bond acceptors (Lipinski definition) is 2. The summed E-state index contributed by atoms with van der Waals surface area (Å²) in [6.45, 7) is 10.5. The van der Waals surface area contributed by atoms with Crippen molar-refractivity contribution in [2.24, 2.45) is 5.41 Å². The summed E-state index contributed by atoms with van der Waals surface area (Å²) in [5, 5.41) is 9.22. The van der Waals surface area contributed by atoms with Gasteiger partial charge < -0.3 is 5.11 Å². The SMILES string of the molecule is C=C(C)CN1CCC(CC)(C(=O)O)CC1. The van der Waals surface area contributed by atoms with Crippen LogP contribution in [0.3, 0.4) is 0 Å². The van der Waals surface area contributed by atoms with E-state index in [-0.39, 0.29) is 0 Å². The molecule has 0 unspecified atom stereocenters. The molecule has 0 aromatic carbocycles. The number of aliphatic carboxylic acids is 1. The number of rotatable bonds is 4. The molecule has 0 radical (unpaired) electrons. The van der Waals surface area contributed by atoms with Crippen LogP contribution in [0, 0.1) is 5.41 Å². The van der Waals surface area contributed by atoms with Crippen LogP contribution in [-0.2, 0) is 4.79 Å². The van der Waals surface area contributed by atoms with Crippen molar-refractivity contribution in [3.8, 4) is 0 Å². The van der Waals surface area contributed by atoms with Crippen molar-refractivity contribution >= 4 is 5.97 Å². The average molecular weight is 211 g/mol. The van der Waals surface area contributed by atoms with E-state index in [9.17, 15) is 9.90 Å². The minimum Gasteiger partial charge on any atom is -0.481 e. The Morgan fingerprint density at radius 3 is 2.33 bits per heavy atom. The Morgan fingerprint density at radius 1 is 1.47 bits per heavy atom. The fourth-order valence-corrected chi connectivity index (χ4v) is 2.24. The van der Waals surface area contributed by atoms with Gasteiger partial charge in [-0.25, -0.2) is 0 Å². The lowest BCUT2D eigenvalue weighted by Crippen LogP contribution is -2.44. The van der Waals surface area contributed by atoms with Crippen LogP contribution in [0.1, 0.15) is 33.1 Å². The molecule has 3 nitrogen and oxygen atoms in total. The lowest BCUT2D eigenvalue weighted by atomic mass is 9.76. The number of hydrogen-bond donors (Lipinski definition) is 1. The lowest BCUT2D eigenvalue weighted by Gasteiger charge is -2.38. The van der Waals surface area contributed by atoms with Crippen LogP contribution < -0.4 is 0 Å². The summed E-state index contributed by atoms with van der Waals surface area (Å²) < 4.78 is 0. The van der Waals surface area contributed by atoms with Crippen molar-refractivity contribution in [2.75, 3.05) is 19.6 Å². The van der Waals surface area contributed by atoms with Crippen molar-refractivity contribution in [3.63, 3.8) is 0 Å². The molecular formula is C12H21NO2. The second kappa shape index (κ2) is 4.79. The fourth-order valence-electron chi connectivity index (χ4n) is 2.24. The van der Waals surface area contributed by atoms with Crippen LogP contribution in [0.4, 0.5) is 0 Å². The minimum atomic E-state index is -0.625. The summed E-state index contributed by atoms with van der Waals surface area (Å²) in [7, 11) is 0. The van der Waals surface area contributed by atoms with Crippen molar-refractivity contribution in [1.29, 1.82) is 0 Å². The molecule has 0 amide bonds. The highest BCUT2D eigenvalue weighted by Gasteiger charge is 2.39. The Labute approximate surface area is 91.8 Å². The Kier molecular flexibility index (Phi) is 3.91. The van der Waals surface area contributed by atoms with Crippen molar-refractivity contribution < 1.29 is 9.90 Å². The summed E-state index contributed by atoms with van der Waals surface area (Å²) >= 11 is 0. The number of nitrogens with zero attached hydrogens (tertiary/aromatic N) is 1. The maximum atomic E-state index is 11.2. The first-order chi connectivity index (χ1) is 7.00. The third-order valence-electron chi connectivity index (χ3n) is 3.44. The standard InChI is InChI=1S/C12H21NO2/c1-4-12(11(14)15)5-7-13(8-6-12)9-10(2)3/h2,4-9H2,1,3H3,(H,14,15). The zero-order valence-corrected chi connectivity index (χ0v) is 9.75. The molecule has 1 aliphatic heterocycles. The summed E-state index contributed by atoms with van der Waals surface area (Å²) in [5.74, 6) is -0.625. The summed E-state index contributed by atoms with van der Waals surface area (Å²) in [4.78, 5) is 13.5. The Hall–Kier alpha value is -0.830. The molecule has 0 aromatic heterocycles. The maximum Gasteiger partial charge on any atom is 0.309 e. The van der Waals surface area contributed by atoms with Gasteiger partial charge in [-0.15, -0.1) is 0 Å². The smallest absolute Gasteiger partial charge is 0.309 e.